The highest BCUT2D eigenvalue weighted by molar-refractivity contribution is 6.31. The molecule has 108 valence electrons. The molecule has 1 aromatic carbocycles. The van der Waals surface area contributed by atoms with Gasteiger partial charge in [-0.1, -0.05) is 11.6 Å². The second-order valence-corrected chi connectivity index (χ2v) is 4.64. The van der Waals surface area contributed by atoms with E-state index in [4.69, 9.17) is 11.6 Å². The molecule has 0 aliphatic heterocycles. The molecule has 0 atom stereocenters. The zero-order chi connectivity index (χ0) is 14.9. The molecule has 0 aliphatic carbocycles. The minimum absolute atomic E-state index is 0.118. The smallest absolute Gasteiger partial charge is 0.182 e. The number of rotatable bonds is 4. The molecule has 2 rings (SSSR count). The van der Waals surface area contributed by atoms with Crippen molar-refractivity contribution in [1.82, 2.24) is 9.78 Å². The molecule has 0 aliphatic rings. The van der Waals surface area contributed by atoms with Crippen molar-refractivity contribution >= 4 is 17.3 Å². The van der Waals surface area contributed by atoms with Crippen LogP contribution in [0.15, 0.2) is 12.1 Å². The van der Waals surface area contributed by atoms with Crippen LogP contribution in [0.2, 0.25) is 5.02 Å². The average molecular weight is 304 g/mol. The molecule has 1 N–H and O–H groups in total. The molecular weight excluding hydrogens is 291 g/mol. The van der Waals surface area contributed by atoms with Crippen molar-refractivity contribution in [3.05, 3.63) is 46.0 Å². The number of aromatic nitrogens is 2. The molecule has 2 aromatic rings. The minimum atomic E-state index is -1.24. The van der Waals surface area contributed by atoms with E-state index in [0.717, 1.165) is 6.07 Å². The average Bonchev–Trinajstić information content (AvgIpc) is 2.68. The van der Waals surface area contributed by atoms with Gasteiger partial charge in [-0.2, -0.15) is 5.10 Å². The van der Waals surface area contributed by atoms with Crippen LogP contribution in [-0.2, 0) is 13.1 Å². The first-order valence-corrected chi connectivity index (χ1v) is 6.42. The van der Waals surface area contributed by atoms with Gasteiger partial charge in [-0.3, -0.25) is 4.68 Å². The number of aryl methyl sites for hydroxylation is 2. The van der Waals surface area contributed by atoms with E-state index in [0.29, 0.717) is 29.0 Å². The van der Waals surface area contributed by atoms with Crippen LogP contribution < -0.4 is 5.32 Å². The van der Waals surface area contributed by atoms with Gasteiger partial charge < -0.3 is 5.32 Å². The van der Waals surface area contributed by atoms with Crippen LogP contribution in [0.5, 0.6) is 0 Å². The van der Waals surface area contributed by atoms with E-state index in [2.05, 4.69) is 10.4 Å². The minimum Gasteiger partial charge on any atom is -0.377 e. The summed E-state index contributed by atoms with van der Waals surface area (Å²) in [5.41, 5.74) is 1.03. The van der Waals surface area contributed by atoms with E-state index in [1.807, 2.05) is 6.92 Å². The second kappa shape index (κ2) is 5.75. The van der Waals surface area contributed by atoms with Crippen molar-refractivity contribution in [3.8, 4) is 0 Å². The van der Waals surface area contributed by atoms with Gasteiger partial charge in [0, 0.05) is 18.7 Å². The van der Waals surface area contributed by atoms with Crippen molar-refractivity contribution in [1.29, 1.82) is 0 Å². The number of hydrogen-bond donors (Lipinski definition) is 1. The summed E-state index contributed by atoms with van der Waals surface area (Å²) >= 11 is 6.10. The van der Waals surface area contributed by atoms with Gasteiger partial charge in [0.05, 0.1) is 28.6 Å². The van der Waals surface area contributed by atoms with Gasteiger partial charge in [-0.25, -0.2) is 13.2 Å². The molecule has 0 bridgehead atoms. The second-order valence-electron chi connectivity index (χ2n) is 4.26. The summed E-state index contributed by atoms with van der Waals surface area (Å²) in [7, 11) is 0. The highest BCUT2D eigenvalue weighted by Crippen LogP contribution is 2.23. The van der Waals surface area contributed by atoms with Gasteiger partial charge in [-0.15, -0.1) is 0 Å². The normalized spacial score (nSPS) is 10.9. The van der Waals surface area contributed by atoms with Crippen LogP contribution in [0.4, 0.5) is 18.9 Å². The van der Waals surface area contributed by atoms with Crippen LogP contribution in [0, 0.1) is 24.4 Å². The summed E-state index contributed by atoms with van der Waals surface area (Å²) in [5.74, 6) is -3.21. The molecule has 0 amide bonds. The van der Waals surface area contributed by atoms with Crippen molar-refractivity contribution in [2.24, 2.45) is 0 Å². The van der Waals surface area contributed by atoms with Crippen LogP contribution in [0.25, 0.3) is 0 Å². The van der Waals surface area contributed by atoms with Gasteiger partial charge in [0.1, 0.15) is 5.82 Å². The maximum atomic E-state index is 13.5. The van der Waals surface area contributed by atoms with Crippen LogP contribution >= 0.6 is 11.6 Å². The Morgan fingerprint density at radius 3 is 2.65 bits per heavy atom. The molecule has 0 spiro atoms. The van der Waals surface area contributed by atoms with E-state index in [1.165, 1.54) is 0 Å². The fraction of sp³-hybridized carbons (Fsp3) is 0.308. The standard InChI is InChI=1S/C13H13ClF3N3/c1-3-20-11(12(14)7(2)19-20)6-18-10-5-8(15)4-9(16)13(10)17/h4-5,18H,3,6H2,1-2H3. The molecular formula is C13H13ClF3N3. The van der Waals surface area contributed by atoms with E-state index >= 15 is 0 Å². The molecule has 7 heteroatoms. The Morgan fingerprint density at radius 1 is 1.30 bits per heavy atom. The quantitative estimate of drug-likeness (QED) is 0.868. The first kappa shape index (κ1) is 14.7. The summed E-state index contributed by atoms with van der Waals surface area (Å²) in [6, 6.07) is 1.39. The van der Waals surface area contributed by atoms with Crippen LogP contribution in [0.3, 0.4) is 0 Å². The molecule has 0 fully saturated rings. The summed E-state index contributed by atoms with van der Waals surface area (Å²) in [4.78, 5) is 0. The Hall–Kier alpha value is -1.69. The zero-order valence-electron chi connectivity index (χ0n) is 11.0. The Balaban J connectivity index is 2.25. The SMILES string of the molecule is CCn1nc(C)c(Cl)c1CNc1cc(F)cc(F)c1F. The van der Waals surface area contributed by atoms with Crippen molar-refractivity contribution < 1.29 is 13.2 Å². The maximum absolute atomic E-state index is 13.5. The van der Waals surface area contributed by atoms with Gasteiger partial charge in [0.25, 0.3) is 0 Å². The van der Waals surface area contributed by atoms with Crippen molar-refractivity contribution in [3.63, 3.8) is 0 Å². The number of hydrogen-bond acceptors (Lipinski definition) is 2. The summed E-state index contributed by atoms with van der Waals surface area (Å²) in [6.45, 7) is 4.34. The molecule has 0 unspecified atom stereocenters. The number of nitrogens with one attached hydrogen (secondary N) is 1. The molecule has 3 nitrogen and oxygen atoms in total. The Kier molecular flexibility index (Phi) is 4.23. The predicted octanol–water partition coefficient (Wildman–Crippen LogP) is 3.89. The van der Waals surface area contributed by atoms with Gasteiger partial charge >= 0.3 is 0 Å². The maximum Gasteiger partial charge on any atom is 0.182 e. The molecule has 1 heterocycles. The zero-order valence-corrected chi connectivity index (χ0v) is 11.7. The van der Waals surface area contributed by atoms with Crippen molar-refractivity contribution in [2.75, 3.05) is 5.32 Å². The number of benzene rings is 1. The fourth-order valence-corrected chi connectivity index (χ4v) is 2.10. The third kappa shape index (κ3) is 2.75. The largest absolute Gasteiger partial charge is 0.377 e. The lowest BCUT2D eigenvalue weighted by Gasteiger charge is -2.10. The summed E-state index contributed by atoms with van der Waals surface area (Å²) in [6.07, 6.45) is 0. The highest BCUT2D eigenvalue weighted by atomic mass is 35.5. The number of nitrogens with zero attached hydrogens (tertiary/aromatic N) is 2. The van der Waals surface area contributed by atoms with Gasteiger partial charge in [-0.05, 0) is 13.8 Å². The number of halogens is 4. The predicted molar refractivity (Wildman–Crippen MR) is 71.3 cm³/mol. The van der Waals surface area contributed by atoms with Crippen LogP contribution in [-0.4, -0.2) is 9.78 Å². The number of anilines is 1. The monoisotopic (exact) mass is 303 g/mol. The van der Waals surface area contributed by atoms with Gasteiger partial charge in [0.15, 0.2) is 11.6 Å². The lowest BCUT2D eigenvalue weighted by molar-refractivity contribution is 0.497. The Bertz CT molecular complexity index is 640. The summed E-state index contributed by atoms with van der Waals surface area (Å²) in [5, 5.41) is 7.30. The first-order valence-electron chi connectivity index (χ1n) is 6.04. The highest BCUT2D eigenvalue weighted by Gasteiger charge is 2.15. The first-order chi connectivity index (χ1) is 9.43. The molecule has 0 saturated carbocycles. The summed E-state index contributed by atoms with van der Waals surface area (Å²) < 4.78 is 41.3. The van der Waals surface area contributed by atoms with E-state index in [1.54, 1.807) is 11.6 Å². The van der Waals surface area contributed by atoms with E-state index in [9.17, 15) is 13.2 Å². The lowest BCUT2D eigenvalue weighted by Crippen LogP contribution is -2.10. The Morgan fingerprint density at radius 2 is 2.00 bits per heavy atom. The van der Waals surface area contributed by atoms with Crippen molar-refractivity contribution in [2.45, 2.75) is 26.9 Å². The molecule has 1 aromatic heterocycles. The molecule has 0 radical (unpaired) electrons. The lowest BCUT2D eigenvalue weighted by atomic mass is 10.2. The van der Waals surface area contributed by atoms with E-state index in [-0.39, 0.29) is 12.2 Å². The van der Waals surface area contributed by atoms with E-state index < -0.39 is 17.5 Å². The Labute approximate surface area is 119 Å². The molecule has 0 saturated heterocycles. The third-order valence-corrected chi connectivity index (χ3v) is 3.38. The topological polar surface area (TPSA) is 29.9 Å². The fourth-order valence-electron chi connectivity index (χ4n) is 1.90. The third-order valence-electron chi connectivity index (χ3n) is 2.89. The van der Waals surface area contributed by atoms with Gasteiger partial charge in [0.2, 0.25) is 0 Å². The molecule has 20 heavy (non-hydrogen) atoms. The van der Waals surface area contributed by atoms with Crippen LogP contribution in [0.1, 0.15) is 18.3 Å².